The Kier molecular flexibility index (Phi) is 3.95. The number of halogens is 1. The number of imidazole rings is 1. The minimum atomic E-state index is -0.232. The van der Waals surface area contributed by atoms with Crippen molar-refractivity contribution in [1.82, 2.24) is 9.55 Å². The molecule has 2 aromatic carbocycles. The lowest BCUT2D eigenvalue weighted by Crippen LogP contribution is -2.18. The van der Waals surface area contributed by atoms with Crippen molar-refractivity contribution in [2.45, 2.75) is 25.9 Å². The van der Waals surface area contributed by atoms with E-state index in [9.17, 15) is 0 Å². The van der Waals surface area contributed by atoms with Gasteiger partial charge in [0.1, 0.15) is 5.82 Å². The van der Waals surface area contributed by atoms with Gasteiger partial charge in [0.05, 0.1) is 17.1 Å². The molecule has 0 spiro atoms. The first-order valence-electron chi connectivity index (χ1n) is 7.17. The van der Waals surface area contributed by atoms with Crippen LogP contribution in [0.5, 0.6) is 0 Å². The van der Waals surface area contributed by atoms with Gasteiger partial charge < -0.3 is 10.3 Å². The Labute approximate surface area is 129 Å². The van der Waals surface area contributed by atoms with Crippen LogP contribution in [0.25, 0.3) is 11.0 Å². The van der Waals surface area contributed by atoms with Crippen molar-refractivity contribution >= 4 is 22.6 Å². The van der Waals surface area contributed by atoms with Gasteiger partial charge in [0, 0.05) is 11.6 Å². The summed E-state index contributed by atoms with van der Waals surface area (Å²) < 4.78 is 2.20. The van der Waals surface area contributed by atoms with E-state index in [-0.39, 0.29) is 6.04 Å². The van der Waals surface area contributed by atoms with Crippen molar-refractivity contribution < 1.29 is 0 Å². The van der Waals surface area contributed by atoms with Crippen LogP contribution in [0.2, 0.25) is 5.02 Å². The highest BCUT2D eigenvalue weighted by atomic mass is 35.5. The van der Waals surface area contributed by atoms with E-state index in [4.69, 9.17) is 22.3 Å². The number of fused-ring (bicyclic) bond motifs is 1. The second-order valence-electron chi connectivity index (χ2n) is 5.14. The largest absolute Gasteiger partial charge is 0.326 e. The van der Waals surface area contributed by atoms with Crippen molar-refractivity contribution in [2.24, 2.45) is 5.73 Å². The molecule has 0 radical (unpaired) electrons. The Bertz CT molecular complexity index is 749. The summed E-state index contributed by atoms with van der Waals surface area (Å²) in [6.45, 7) is 3.05. The second kappa shape index (κ2) is 5.88. The van der Waals surface area contributed by atoms with E-state index in [0.717, 1.165) is 35.4 Å². The Balaban J connectivity index is 2.14. The zero-order valence-corrected chi connectivity index (χ0v) is 12.7. The predicted molar refractivity (Wildman–Crippen MR) is 87.5 cm³/mol. The SMILES string of the molecule is CCCn1c(C(N)c2ccccc2)nc2cc(Cl)ccc21. The van der Waals surface area contributed by atoms with Gasteiger partial charge in [-0.05, 0) is 30.2 Å². The number of nitrogens with zero attached hydrogens (tertiary/aromatic N) is 2. The third-order valence-electron chi connectivity index (χ3n) is 3.62. The Morgan fingerprint density at radius 3 is 2.67 bits per heavy atom. The van der Waals surface area contributed by atoms with Gasteiger partial charge in [0.15, 0.2) is 0 Å². The number of aromatic nitrogens is 2. The third-order valence-corrected chi connectivity index (χ3v) is 3.86. The fourth-order valence-corrected chi connectivity index (χ4v) is 2.79. The maximum Gasteiger partial charge on any atom is 0.131 e. The summed E-state index contributed by atoms with van der Waals surface area (Å²) in [5.74, 6) is 0.889. The molecule has 0 aliphatic carbocycles. The lowest BCUT2D eigenvalue weighted by atomic mass is 10.1. The van der Waals surface area contributed by atoms with Gasteiger partial charge in [-0.15, -0.1) is 0 Å². The first-order chi connectivity index (χ1) is 10.2. The van der Waals surface area contributed by atoms with E-state index >= 15 is 0 Å². The van der Waals surface area contributed by atoms with Gasteiger partial charge >= 0.3 is 0 Å². The van der Waals surface area contributed by atoms with Crippen LogP contribution in [0.1, 0.15) is 30.8 Å². The van der Waals surface area contributed by atoms with Gasteiger partial charge in [-0.2, -0.15) is 0 Å². The highest BCUT2D eigenvalue weighted by Crippen LogP contribution is 2.26. The molecule has 0 aliphatic rings. The molecule has 1 unspecified atom stereocenters. The molecule has 1 heterocycles. The normalized spacial score (nSPS) is 12.7. The standard InChI is InChI=1S/C17H18ClN3/c1-2-10-21-15-9-8-13(18)11-14(15)20-17(21)16(19)12-6-4-3-5-7-12/h3-9,11,16H,2,10,19H2,1H3. The lowest BCUT2D eigenvalue weighted by molar-refractivity contribution is 0.627. The van der Waals surface area contributed by atoms with E-state index in [2.05, 4.69) is 11.5 Å². The van der Waals surface area contributed by atoms with Crippen molar-refractivity contribution in [3.8, 4) is 0 Å². The molecule has 3 nitrogen and oxygen atoms in total. The molecular formula is C17H18ClN3. The van der Waals surface area contributed by atoms with Gasteiger partial charge in [0.2, 0.25) is 0 Å². The summed E-state index contributed by atoms with van der Waals surface area (Å²) in [6.07, 6.45) is 1.03. The maximum atomic E-state index is 6.43. The van der Waals surface area contributed by atoms with E-state index in [1.165, 1.54) is 0 Å². The molecule has 1 aromatic heterocycles. The molecule has 0 aliphatic heterocycles. The van der Waals surface area contributed by atoms with Gasteiger partial charge in [-0.25, -0.2) is 4.98 Å². The third kappa shape index (κ3) is 2.67. The van der Waals surface area contributed by atoms with Crippen LogP contribution < -0.4 is 5.73 Å². The molecule has 4 heteroatoms. The first kappa shape index (κ1) is 14.1. The summed E-state index contributed by atoms with van der Waals surface area (Å²) in [4.78, 5) is 4.72. The maximum absolute atomic E-state index is 6.43. The van der Waals surface area contributed by atoms with Gasteiger partial charge in [0.25, 0.3) is 0 Å². The molecule has 0 bridgehead atoms. The molecule has 3 rings (SSSR count). The monoisotopic (exact) mass is 299 g/mol. The zero-order chi connectivity index (χ0) is 14.8. The molecule has 0 saturated heterocycles. The van der Waals surface area contributed by atoms with E-state index in [1.54, 1.807) is 0 Å². The second-order valence-corrected chi connectivity index (χ2v) is 5.58. The highest BCUT2D eigenvalue weighted by Gasteiger charge is 2.18. The molecule has 21 heavy (non-hydrogen) atoms. The topological polar surface area (TPSA) is 43.8 Å². The van der Waals surface area contributed by atoms with Crippen molar-refractivity contribution in [3.63, 3.8) is 0 Å². The number of hydrogen-bond acceptors (Lipinski definition) is 2. The van der Waals surface area contributed by atoms with Crippen LogP contribution in [0.15, 0.2) is 48.5 Å². The van der Waals surface area contributed by atoms with Crippen LogP contribution in [-0.4, -0.2) is 9.55 Å². The van der Waals surface area contributed by atoms with Crippen LogP contribution >= 0.6 is 11.6 Å². The smallest absolute Gasteiger partial charge is 0.131 e. The molecule has 0 fully saturated rings. The van der Waals surface area contributed by atoms with E-state index < -0.39 is 0 Å². The summed E-state index contributed by atoms with van der Waals surface area (Å²) in [6, 6.07) is 15.6. The Morgan fingerprint density at radius 1 is 1.19 bits per heavy atom. The van der Waals surface area contributed by atoms with Gasteiger partial charge in [-0.1, -0.05) is 48.9 Å². The lowest BCUT2D eigenvalue weighted by Gasteiger charge is -2.14. The van der Waals surface area contributed by atoms with Crippen molar-refractivity contribution in [1.29, 1.82) is 0 Å². The van der Waals surface area contributed by atoms with E-state index in [0.29, 0.717) is 5.02 Å². The quantitative estimate of drug-likeness (QED) is 0.786. The molecular weight excluding hydrogens is 282 g/mol. The van der Waals surface area contributed by atoms with Crippen LogP contribution in [0.4, 0.5) is 0 Å². The molecule has 3 aromatic rings. The van der Waals surface area contributed by atoms with Crippen LogP contribution in [0.3, 0.4) is 0 Å². The first-order valence-corrected chi connectivity index (χ1v) is 7.54. The fraction of sp³-hybridized carbons (Fsp3) is 0.235. The van der Waals surface area contributed by atoms with Gasteiger partial charge in [-0.3, -0.25) is 0 Å². The van der Waals surface area contributed by atoms with Crippen LogP contribution in [0, 0.1) is 0 Å². The molecule has 2 N–H and O–H groups in total. The van der Waals surface area contributed by atoms with E-state index in [1.807, 2.05) is 48.5 Å². The summed E-state index contributed by atoms with van der Waals surface area (Å²) >= 11 is 6.07. The molecule has 108 valence electrons. The van der Waals surface area contributed by atoms with Crippen molar-refractivity contribution in [3.05, 3.63) is 64.9 Å². The zero-order valence-electron chi connectivity index (χ0n) is 12.0. The average molecular weight is 300 g/mol. The Hall–Kier alpha value is -1.84. The molecule has 1 atom stereocenters. The average Bonchev–Trinajstić information content (AvgIpc) is 2.85. The molecule has 0 amide bonds. The number of nitrogens with two attached hydrogens (primary N) is 1. The summed E-state index contributed by atoms with van der Waals surface area (Å²) in [5, 5.41) is 0.698. The summed E-state index contributed by atoms with van der Waals surface area (Å²) in [7, 11) is 0. The Morgan fingerprint density at radius 2 is 1.95 bits per heavy atom. The van der Waals surface area contributed by atoms with Crippen molar-refractivity contribution in [2.75, 3.05) is 0 Å². The minimum Gasteiger partial charge on any atom is -0.326 e. The minimum absolute atomic E-state index is 0.232. The number of hydrogen-bond donors (Lipinski definition) is 1. The highest BCUT2D eigenvalue weighted by molar-refractivity contribution is 6.31. The van der Waals surface area contributed by atoms with Crippen LogP contribution in [-0.2, 0) is 6.54 Å². The predicted octanol–water partition coefficient (Wildman–Crippen LogP) is 4.15. The fourth-order valence-electron chi connectivity index (χ4n) is 2.63. The summed E-state index contributed by atoms with van der Waals surface area (Å²) in [5.41, 5.74) is 9.49. The number of rotatable bonds is 4. The molecule has 0 saturated carbocycles. The number of benzene rings is 2. The number of aryl methyl sites for hydroxylation is 1.